The van der Waals surface area contributed by atoms with Crippen molar-refractivity contribution in [3.05, 3.63) is 66.2 Å². The zero-order chi connectivity index (χ0) is 21.5. The van der Waals surface area contributed by atoms with Crippen LogP contribution in [0.15, 0.2) is 54.9 Å². The quantitative estimate of drug-likeness (QED) is 0.505. The number of aromatic nitrogens is 2. The summed E-state index contributed by atoms with van der Waals surface area (Å²) in [6.07, 6.45) is 4.26. The van der Waals surface area contributed by atoms with Crippen LogP contribution in [0.2, 0.25) is 0 Å². The Kier molecular flexibility index (Phi) is 7.19. The Hall–Kier alpha value is -3.19. The van der Waals surface area contributed by atoms with Crippen LogP contribution in [0, 0.1) is 12.7 Å². The first-order chi connectivity index (χ1) is 14.5. The molecule has 158 valence electrons. The lowest BCUT2D eigenvalue weighted by molar-refractivity contribution is -0.110. The number of rotatable bonds is 10. The van der Waals surface area contributed by atoms with Crippen molar-refractivity contribution in [1.29, 1.82) is 0 Å². The number of likely N-dealkylation sites (N-methyl/N-ethyl adjacent to an activating group) is 2. The largest absolute Gasteiger partial charge is 0.372 e. The van der Waals surface area contributed by atoms with Gasteiger partial charge in [-0.05, 0) is 37.2 Å². The minimum absolute atomic E-state index is 0.0710. The topological polar surface area (TPSA) is 62.2 Å². The van der Waals surface area contributed by atoms with Gasteiger partial charge in [0.25, 0.3) is 0 Å². The predicted molar refractivity (Wildman–Crippen MR) is 118 cm³/mol. The van der Waals surface area contributed by atoms with Crippen molar-refractivity contribution in [1.82, 2.24) is 20.4 Å². The van der Waals surface area contributed by atoms with E-state index in [9.17, 15) is 9.18 Å². The third kappa shape index (κ3) is 5.24. The number of amides is 1. The van der Waals surface area contributed by atoms with Gasteiger partial charge >= 0.3 is 0 Å². The number of carbonyl (C=O) groups is 1. The normalized spacial score (nSPS) is 11.9. The fourth-order valence-corrected chi connectivity index (χ4v) is 3.30. The minimum Gasteiger partial charge on any atom is -0.372 e. The number of anilines is 1. The molecule has 6 nitrogen and oxygen atoms in total. The Morgan fingerprint density at radius 3 is 2.63 bits per heavy atom. The third-order valence-electron chi connectivity index (χ3n) is 5.03. The van der Waals surface area contributed by atoms with Gasteiger partial charge in [0.05, 0.1) is 12.2 Å². The molecule has 0 saturated heterocycles. The molecule has 1 amide bonds. The highest BCUT2D eigenvalue weighted by atomic mass is 19.1. The van der Waals surface area contributed by atoms with Gasteiger partial charge in [-0.3, -0.25) is 4.79 Å². The summed E-state index contributed by atoms with van der Waals surface area (Å²) in [4.78, 5) is 12.8. The highest BCUT2D eigenvalue weighted by Crippen LogP contribution is 2.24. The molecule has 0 aliphatic rings. The summed E-state index contributed by atoms with van der Waals surface area (Å²) in [5.74, 6) is -0.357. The standard InChI is InChI=1S/C23H28FN5O/c1-4-25-13-20(26-16-30)15-28(3)21-9-10-23(22(24)11-21)29-14-19(12-27-29)18-7-5-17(2)6-8-18/h5-12,14,16,20,25H,4,13,15H2,1-3H3,(H,26,30). The van der Waals surface area contributed by atoms with E-state index in [1.807, 2.05) is 62.3 Å². The van der Waals surface area contributed by atoms with E-state index in [1.165, 1.54) is 11.6 Å². The van der Waals surface area contributed by atoms with Gasteiger partial charge in [0, 0.05) is 37.6 Å². The highest BCUT2D eigenvalue weighted by Gasteiger charge is 2.14. The van der Waals surface area contributed by atoms with Gasteiger partial charge in [-0.2, -0.15) is 5.10 Å². The van der Waals surface area contributed by atoms with E-state index >= 15 is 0 Å². The number of benzene rings is 2. The molecule has 0 fully saturated rings. The Morgan fingerprint density at radius 2 is 1.97 bits per heavy atom. The van der Waals surface area contributed by atoms with Crippen LogP contribution in [-0.2, 0) is 4.79 Å². The fraction of sp³-hybridized carbons (Fsp3) is 0.304. The second-order valence-corrected chi connectivity index (χ2v) is 7.34. The van der Waals surface area contributed by atoms with Crippen molar-refractivity contribution in [2.24, 2.45) is 0 Å². The Morgan fingerprint density at radius 1 is 1.20 bits per heavy atom. The van der Waals surface area contributed by atoms with Gasteiger partial charge in [0.1, 0.15) is 5.69 Å². The summed E-state index contributed by atoms with van der Waals surface area (Å²) in [7, 11) is 1.88. The average Bonchev–Trinajstić information content (AvgIpc) is 3.22. The van der Waals surface area contributed by atoms with Crippen molar-refractivity contribution >= 4 is 12.1 Å². The van der Waals surface area contributed by atoms with E-state index in [0.29, 0.717) is 25.2 Å². The molecule has 1 unspecified atom stereocenters. The van der Waals surface area contributed by atoms with Crippen LogP contribution in [0.3, 0.4) is 0 Å². The average molecular weight is 410 g/mol. The molecule has 0 aliphatic heterocycles. The molecule has 30 heavy (non-hydrogen) atoms. The van der Waals surface area contributed by atoms with Gasteiger partial charge in [-0.1, -0.05) is 36.8 Å². The molecule has 0 bridgehead atoms. The fourth-order valence-electron chi connectivity index (χ4n) is 3.30. The summed E-state index contributed by atoms with van der Waals surface area (Å²) in [5.41, 5.74) is 4.28. The summed E-state index contributed by atoms with van der Waals surface area (Å²) in [5, 5.41) is 10.3. The number of aryl methyl sites for hydroxylation is 1. The van der Waals surface area contributed by atoms with Gasteiger partial charge in [-0.15, -0.1) is 0 Å². The Labute approximate surface area is 176 Å². The van der Waals surface area contributed by atoms with E-state index < -0.39 is 0 Å². The molecule has 1 aromatic heterocycles. The molecule has 0 aliphatic carbocycles. The number of nitrogens with one attached hydrogen (secondary N) is 2. The molecular formula is C23H28FN5O. The molecule has 1 atom stereocenters. The van der Waals surface area contributed by atoms with Crippen LogP contribution in [0.5, 0.6) is 0 Å². The SMILES string of the molecule is CCNCC(CN(C)c1ccc(-n2cc(-c3ccc(C)cc3)cn2)c(F)c1)NC=O. The summed E-state index contributed by atoms with van der Waals surface area (Å²) in [6, 6.07) is 13.1. The molecular weight excluding hydrogens is 381 g/mol. The zero-order valence-corrected chi connectivity index (χ0v) is 17.6. The van der Waals surface area contributed by atoms with E-state index in [0.717, 1.165) is 23.4 Å². The molecule has 1 heterocycles. The molecule has 0 saturated carbocycles. The summed E-state index contributed by atoms with van der Waals surface area (Å²) < 4.78 is 16.4. The van der Waals surface area contributed by atoms with E-state index in [4.69, 9.17) is 0 Å². The Bertz CT molecular complexity index is 970. The van der Waals surface area contributed by atoms with Gasteiger partial charge in [0.2, 0.25) is 6.41 Å². The lowest BCUT2D eigenvalue weighted by atomic mass is 10.1. The highest BCUT2D eigenvalue weighted by molar-refractivity contribution is 5.63. The second-order valence-electron chi connectivity index (χ2n) is 7.34. The molecule has 2 aromatic carbocycles. The predicted octanol–water partition coefficient (Wildman–Crippen LogP) is 3.15. The van der Waals surface area contributed by atoms with Crippen LogP contribution in [-0.4, -0.2) is 48.9 Å². The maximum absolute atomic E-state index is 14.9. The van der Waals surface area contributed by atoms with Crippen molar-refractivity contribution < 1.29 is 9.18 Å². The van der Waals surface area contributed by atoms with Crippen LogP contribution < -0.4 is 15.5 Å². The van der Waals surface area contributed by atoms with Crippen molar-refractivity contribution in [3.63, 3.8) is 0 Å². The Balaban J connectivity index is 1.75. The first-order valence-corrected chi connectivity index (χ1v) is 10.0. The molecule has 3 aromatic rings. The third-order valence-corrected chi connectivity index (χ3v) is 5.03. The number of nitrogens with zero attached hydrogens (tertiary/aromatic N) is 3. The van der Waals surface area contributed by atoms with E-state index in [-0.39, 0.29) is 11.9 Å². The first kappa shape index (κ1) is 21.5. The van der Waals surface area contributed by atoms with Gasteiger partial charge < -0.3 is 15.5 Å². The van der Waals surface area contributed by atoms with Crippen molar-refractivity contribution in [2.75, 3.05) is 31.6 Å². The van der Waals surface area contributed by atoms with E-state index in [1.54, 1.807) is 16.9 Å². The zero-order valence-electron chi connectivity index (χ0n) is 17.6. The van der Waals surface area contributed by atoms with Crippen molar-refractivity contribution in [2.45, 2.75) is 19.9 Å². The molecule has 0 radical (unpaired) electrons. The molecule has 7 heteroatoms. The maximum atomic E-state index is 14.9. The van der Waals surface area contributed by atoms with Crippen LogP contribution in [0.4, 0.5) is 10.1 Å². The molecule has 0 spiro atoms. The van der Waals surface area contributed by atoms with Gasteiger partial charge in [-0.25, -0.2) is 9.07 Å². The summed E-state index contributed by atoms with van der Waals surface area (Å²) in [6.45, 7) is 6.08. The smallest absolute Gasteiger partial charge is 0.207 e. The number of halogens is 1. The summed E-state index contributed by atoms with van der Waals surface area (Å²) >= 11 is 0. The molecule has 2 N–H and O–H groups in total. The second kappa shape index (κ2) is 10.0. The monoisotopic (exact) mass is 409 g/mol. The lowest BCUT2D eigenvalue weighted by Gasteiger charge is -2.26. The minimum atomic E-state index is -0.357. The molecule has 3 rings (SSSR count). The van der Waals surface area contributed by atoms with Gasteiger partial charge in [0.15, 0.2) is 5.82 Å². The van der Waals surface area contributed by atoms with E-state index in [2.05, 4.69) is 15.7 Å². The lowest BCUT2D eigenvalue weighted by Crippen LogP contribution is -2.45. The maximum Gasteiger partial charge on any atom is 0.207 e. The van der Waals surface area contributed by atoms with Crippen LogP contribution in [0.1, 0.15) is 12.5 Å². The number of hydrogen-bond donors (Lipinski definition) is 2. The first-order valence-electron chi connectivity index (χ1n) is 10.0. The van der Waals surface area contributed by atoms with Crippen LogP contribution >= 0.6 is 0 Å². The number of hydrogen-bond acceptors (Lipinski definition) is 4. The van der Waals surface area contributed by atoms with Crippen molar-refractivity contribution in [3.8, 4) is 16.8 Å². The van der Waals surface area contributed by atoms with Crippen LogP contribution in [0.25, 0.3) is 16.8 Å². The number of carbonyl (C=O) groups excluding carboxylic acids is 1.